The average molecular weight is 398 g/mol. The number of carbonyl (C=O) groups is 1. The number of sulfone groups is 1. The van der Waals surface area contributed by atoms with E-state index in [0.29, 0.717) is 37.9 Å². The molecule has 11 heteroatoms. The molecule has 1 amide bonds. The maximum absolute atomic E-state index is 11.8. The topological polar surface area (TPSA) is 118 Å². The van der Waals surface area contributed by atoms with Crippen molar-refractivity contribution in [3.63, 3.8) is 0 Å². The maximum Gasteiger partial charge on any atom is 0.409 e. The van der Waals surface area contributed by atoms with Crippen molar-refractivity contribution in [2.45, 2.75) is 38.3 Å². The minimum absolute atomic E-state index is 0.0904. The Hall–Kier alpha value is -2.17. The molecule has 1 aromatic heterocycles. The average Bonchev–Trinajstić information content (AvgIpc) is 3.02. The molecule has 1 aromatic rings. The summed E-state index contributed by atoms with van der Waals surface area (Å²) in [5.74, 6) is 1.36. The molecule has 2 saturated heterocycles. The first-order valence-electron chi connectivity index (χ1n) is 9.19. The van der Waals surface area contributed by atoms with Gasteiger partial charge in [-0.05, 0) is 26.2 Å². The zero-order valence-electron chi connectivity index (χ0n) is 15.7. The largest absolute Gasteiger partial charge is 0.450 e. The molecule has 2 fully saturated rings. The van der Waals surface area contributed by atoms with Crippen molar-refractivity contribution in [1.29, 1.82) is 0 Å². The highest BCUT2D eigenvalue weighted by atomic mass is 32.2. The molecule has 0 saturated carbocycles. The Bertz CT molecular complexity index is 766. The molecule has 27 heavy (non-hydrogen) atoms. The van der Waals surface area contributed by atoms with E-state index >= 15 is 0 Å². The molecule has 150 valence electrons. The Balaban J connectivity index is 1.56. The number of rotatable bonds is 5. The van der Waals surface area contributed by atoms with Crippen molar-refractivity contribution in [1.82, 2.24) is 20.1 Å². The predicted molar refractivity (Wildman–Crippen MR) is 101 cm³/mol. The van der Waals surface area contributed by atoms with Crippen LogP contribution in [0, 0.1) is 0 Å². The van der Waals surface area contributed by atoms with Gasteiger partial charge < -0.3 is 19.9 Å². The van der Waals surface area contributed by atoms with Crippen LogP contribution >= 0.6 is 0 Å². The van der Waals surface area contributed by atoms with E-state index in [1.165, 1.54) is 0 Å². The van der Waals surface area contributed by atoms with Crippen LogP contribution in [-0.2, 0) is 14.6 Å². The van der Waals surface area contributed by atoms with E-state index in [2.05, 4.69) is 20.5 Å². The second-order valence-corrected chi connectivity index (χ2v) is 9.14. The number of piperidine rings is 1. The fourth-order valence-corrected chi connectivity index (χ4v) is 5.17. The number of amides is 1. The van der Waals surface area contributed by atoms with Crippen molar-refractivity contribution in [2.75, 3.05) is 48.5 Å². The van der Waals surface area contributed by atoms with Gasteiger partial charge in [0.2, 0.25) is 5.95 Å². The van der Waals surface area contributed by atoms with Gasteiger partial charge in [-0.1, -0.05) is 0 Å². The van der Waals surface area contributed by atoms with Crippen LogP contribution in [0.3, 0.4) is 0 Å². The monoisotopic (exact) mass is 398 g/mol. The summed E-state index contributed by atoms with van der Waals surface area (Å²) in [6.45, 7) is 3.40. The fraction of sp³-hybridized carbons (Fsp3) is 0.750. The number of likely N-dealkylation sites (tertiary alicyclic amines) is 1. The van der Waals surface area contributed by atoms with Gasteiger partial charge in [-0.2, -0.15) is 10.1 Å². The van der Waals surface area contributed by atoms with Crippen molar-refractivity contribution >= 4 is 27.7 Å². The summed E-state index contributed by atoms with van der Waals surface area (Å²) in [6.07, 6.45) is 3.40. The molecule has 1 unspecified atom stereocenters. The Morgan fingerprint density at radius 2 is 2.11 bits per heavy atom. The molecule has 0 aromatic carbocycles. The number of nitrogens with one attached hydrogen (secondary N) is 1. The van der Waals surface area contributed by atoms with Gasteiger partial charge >= 0.3 is 6.09 Å². The lowest BCUT2D eigenvalue weighted by molar-refractivity contribution is 0.0983. The summed E-state index contributed by atoms with van der Waals surface area (Å²) < 4.78 is 28.4. The third-order valence-electron chi connectivity index (χ3n) is 5.02. The Labute approximate surface area is 159 Å². The number of carbonyl (C=O) groups excluding carboxylic acids is 1. The molecule has 10 nitrogen and oxygen atoms in total. The van der Waals surface area contributed by atoms with E-state index in [1.54, 1.807) is 18.0 Å². The van der Waals surface area contributed by atoms with E-state index in [-0.39, 0.29) is 29.7 Å². The van der Waals surface area contributed by atoms with Gasteiger partial charge in [-0.3, -0.25) is 0 Å². The first-order valence-corrected chi connectivity index (χ1v) is 11.0. The second-order valence-electron chi connectivity index (χ2n) is 6.91. The SMILES string of the molecule is CCOC(=O)N1CCC(Nc2nncc(N(C)C3CCS(=O)(=O)C3)n2)CC1. The zero-order valence-corrected chi connectivity index (χ0v) is 16.5. The summed E-state index contributed by atoms with van der Waals surface area (Å²) in [4.78, 5) is 19.8. The molecule has 3 heterocycles. The lowest BCUT2D eigenvalue weighted by Crippen LogP contribution is -2.43. The van der Waals surface area contributed by atoms with Gasteiger partial charge in [0.05, 0.1) is 24.3 Å². The third-order valence-corrected chi connectivity index (χ3v) is 6.77. The summed E-state index contributed by atoms with van der Waals surface area (Å²) in [6, 6.07) is 0.0530. The van der Waals surface area contributed by atoms with E-state index in [9.17, 15) is 13.2 Å². The standard InChI is InChI=1S/C16H26N6O4S/c1-3-26-16(23)22-7-4-12(5-8-22)18-15-19-14(10-17-20-15)21(2)13-6-9-27(24,25)11-13/h10,12-13H,3-9,11H2,1-2H3,(H,18,19,20). The number of nitrogens with zero attached hydrogens (tertiary/aromatic N) is 5. The quantitative estimate of drug-likeness (QED) is 0.757. The van der Waals surface area contributed by atoms with Crippen molar-refractivity contribution in [3.8, 4) is 0 Å². The second kappa shape index (κ2) is 8.24. The predicted octanol–water partition coefficient (Wildman–Crippen LogP) is 0.528. The number of ether oxygens (including phenoxy) is 1. The molecule has 1 atom stereocenters. The van der Waals surface area contributed by atoms with Crippen molar-refractivity contribution < 1.29 is 17.9 Å². The molecule has 2 aliphatic rings. The zero-order chi connectivity index (χ0) is 19.4. The van der Waals surface area contributed by atoms with Crippen LogP contribution in [0.15, 0.2) is 6.20 Å². The van der Waals surface area contributed by atoms with Crippen LogP contribution in [0.25, 0.3) is 0 Å². The van der Waals surface area contributed by atoms with E-state index < -0.39 is 9.84 Å². The van der Waals surface area contributed by atoms with E-state index in [0.717, 1.165) is 12.8 Å². The van der Waals surface area contributed by atoms with E-state index in [1.807, 2.05) is 11.9 Å². The van der Waals surface area contributed by atoms with Gasteiger partial charge in [-0.15, -0.1) is 5.10 Å². The summed E-state index contributed by atoms with van der Waals surface area (Å²) in [5, 5.41) is 11.3. The van der Waals surface area contributed by atoms with Gasteiger partial charge in [0, 0.05) is 32.2 Å². The van der Waals surface area contributed by atoms with Crippen molar-refractivity contribution in [2.24, 2.45) is 0 Å². The first kappa shape index (κ1) is 19.6. The molecule has 1 N–H and O–H groups in total. The Morgan fingerprint density at radius 1 is 1.37 bits per heavy atom. The Kier molecular flexibility index (Phi) is 5.98. The van der Waals surface area contributed by atoms with Gasteiger partial charge in [-0.25, -0.2) is 13.2 Å². The molecule has 0 spiro atoms. The van der Waals surface area contributed by atoms with Gasteiger partial charge in [0.25, 0.3) is 0 Å². The smallest absolute Gasteiger partial charge is 0.409 e. The third kappa shape index (κ3) is 4.96. The van der Waals surface area contributed by atoms with Crippen LogP contribution in [0.5, 0.6) is 0 Å². The molecule has 3 rings (SSSR count). The molecule has 0 bridgehead atoms. The molecule has 2 aliphatic heterocycles. The van der Waals surface area contributed by atoms with E-state index in [4.69, 9.17) is 4.74 Å². The number of hydrogen-bond acceptors (Lipinski definition) is 9. The summed E-state index contributed by atoms with van der Waals surface area (Å²) in [7, 11) is -1.13. The minimum atomic E-state index is -2.96. The molecule has 0 radical (unpaired) electrons. The lowest BCUT2D eigenvalue weighted by Gasteiger charge is -2.31. The Morgan fingerprint density at radius 3 is 2.74 bits per heavy atom. The van der Waals surface area contributed by atoms with Crippen LogP contribution < -0.4 is 10.2 Å². The summed E-state index contributed by atoms with van der Waals surface area (Å²) >= 11 is 0. The van der Waals surface area contributed by atoms with Gasteiger partial charge in [0.1, 0.15) is 0 Å². The van der Waals surface area contributed by atoms with Gasteiger partial charge in [0.15, 0.2) is 15.7 Å². The maximum atomic E-state index is 11.8. The highest BCUT2D eigenvalue weighted by Gasteiger charge is 2.31. The number of aromatic nitrogens is 3. The molecular formula is C16H26N6O4S. The number of hydrogen-bond donors (Lipinski definition) is 1. The summed E-state index contributed by atoms with van der Waals surface area (Å²) in [5.41, 5.74) is 0. The highest BCUT2D eigenvalue weighted by Crippen LogP contribution is 2.22. The fourth-order valence-electron chi connectivity index (χ4n) is 3.40. The van der Waals surface area contributed by atoms with Crippen molar-refractivity contribution in [3.05, 3.63) is 6.20 Å². The minimum Gasteiger partial charge on any atom is -0.450 e. The van der Waals surface area contributed by atoms with Crippen LogP contribution in [0.1, 0.15) is 26.2 Å². The normalized spacial score (nSPS) is 22.4. The highest BCUT2D eigenvalue weighted by molar-refractivity contribution is 7.91. The number of anilines is 2. The van der Waals surface area contributed by atoms with Crippen LogP contribution in [0.2, 0.25) is 0 Å². The molecule has 0 aliphatic carbocycles. The first-order chi connectivity index (χ1) is 12.9. The van der Waals surface area contributed by atoms with Crippen LogP contribution in [-0.4, -0.2) is 84.9 Å². The lowest BCUT2D eigenvalue weighted by atomic mass is 10.1. The van der Waals surface area contributed by atoms with Crippen LogP contribution in [0.4, 0.5) is 16.6 Å². The molecular weight excluding hydrogens is 372 g/mol.